The van der Waals surface area contributed by atoms with Crippen LogP contribution in [0.25, 0.3) is 16.8 Å². The average Bonchev–Trinajstić information content (AvgIpc) is 2.93. The number of methoxy groups -OCH3 is 2. The van der Waals surface area contributed by atoms with Crippen LogP contribution in [-0.2, 0) is 24.1 Å². The van der Waals surface area contributed by atoms with E-state index in [0.29, 0.717) is 59.3 Å². The van der Waals surface area contributed by atoms with Crippen molar-refractivity contribution in [3.05, 3.63) is 93.8 Å². The molecule has 2 aromatic heterocycles. The highest BCUT2D eigenvalue weighted by Crippen LogP contribution is 2.38. The second kappa shape index (κ2) is 10.7. The molecule has 0 bridgehead atoms. The molecule has 0 spiro atoms. The third-order valence-corrected chi connectivity index (χ3v) is 7.55. The molecular formula is C27H26FN5O4S. The monoisotopic (exact) mass is 535 g/mol. The smallest absolute Gasteiger partial charge is 0.255 e. The molecule has 3 heterocycles. The molecule has 11 heteroatoms. The normalized spacial score (nSPS) is 14.0. The van der Waals surface area contributed by atoms with Crippen LogP contribution in [0.3, 0.4) is 0 Å². The first-order valence-corrected chi connectivity index (χ1v) is 13.0. The summed E-state index contributed by atoms with van der Waals surface area (Å²) in [5.74, 6) is 0.755. The van der Waals surface area contributed by atoms with Gasteiger partial charge in [0.05, 0.1) is 19.9 Å². The second-order valence-electron chi connectivity index (χ2n) is 8.76. The van der Waals surface area contributed by atoms with E-state index in [1.807, 2.05) is 19.1 Å². The SMILES string of the molecule is COc1ccc(C)cc1-c1cc(OC)c(-n2c3c(ccc2=O)CN(S(=O)Nc2cccnn2)CC3)cc1F. The van der Waals surface area contributed by atoms with Crippen molar-refractivity contribution in [2.45, 2.75) is 19.9 Å². The van der Waals surface area contributed by atoms with Gasteiger partial charge in [0, 0.05) is 54.7 Å². The molecule has 0 aliphatic carbocycles. The standard InChI is InChI=1S/C27H26FN5O4S/c1-17-6-8-24(36-2)20(13-17)19-14-25(37-3)23(15-21(19)28)33-22-10-12-32(16-18(22)7-9-27(33)34)38(35)31-26-5-4-11-29-30-26/h4-9,11,13-15H,10,12,16H2,1-3H3,(H,30,31). The van der Waals surface area contributed by atoms with Crippen LogP contribution >= 0.6 is 0 Å². The van der Waals surface area contributed by atoms with E-state index in [0.717, 1.165) is 11.1 Å². The van der Waals surface area contributed by atoms with Crippen LogP contribution in [0.15, 0.2) is 65.6 Å². The van der Waals surface area contributed by atoms with E-state index >= 15 is 4.39 Å². The Labute approximate surface area is 221 Å². The molecule has 1 N–H and O–H groups in total. The predicted octanol–water partition coefficient (Wildman–Crippen LogP) is 3.81. The van der Waals surface area contributed by atoms with Gasteiger partial charge in [-0.05, 0) is 42.8 Å². The van der Waals surface area contributed by atoms with E-state index in [-0.39, 0.29) is 5.56 Å². The molecule has 0 amide bonds. The Morgan fingerprint density at radius 1 is 1.03 bits per heavy atom. The second-order valence-corrected chi connectivity index (χ2v) is 9.98. The van der Waals surface area contributed by atoms with Crippen molar-refractivity contribution in [2.75, 3.05) is 25.5 Å². The number of hydrogen-bond donors (Lipinski definition) is 1. The highest BCUT2D eigenvalue weighted by Gasteiger charge is 2.26. The summed E-state index contributed by atoms with van der Waals surface area (Å²) in [6, 6.07) is 14.9. The van der Waals surface area contributed by atoms with Gasteiger partial charge in [0.15, 0.2) is 17.0 Å². The molecule has 1 aliphatic rings. The molecule has 4 aromatic rings. The number of pyridine rings is 1. The fourth-order valence-corrected chi connectivity index (χ4v) is 5.50. The summed E-state index contributed by atoms with van der Waals surface area (Å²) in [7, 11) is 3.02. The molecule has 0 radical (unpaired) electrons. The molecule has 1 atom stereocenters. The molecule has 5 rings (SSSR count). The zero-order valence-electron chi connectivity index (χ0n) is 21.1. The average molecular weight is 536 g/mol. The van der Waals surface area contributed by atoms with Crippen molar-refractivity contribution < 1.29 is 18.1 Å². The highest BCUT2D eigenvalue weighted by atomic mass is 32.2. The largest absolute Gasteiger partial charge is 0.496 e. The summed E-state index contributed by atoms with van der Waals surface area (Å²) in [6.45, 7) is 2.64. The minimum atomic E-state index is -1.56. The van der Waals surface area contributed by atoms with Crippen LogP contribution in [-0.4, -0.2) is 44.0 Å². The Bertz CT molecular complexity index is 1580. The fourth-order valence-electron chi connectivity index (χ4n) is 4.57. The van der Waals surface area contributed by atoms with E-state index in [1.54, 1.807) is 34.6 Å². The molecule has 2 aromatic carbocycles. The zero-order chi connectivity index (χ0) is 26.8. The van der Waals surface area contributed by atoms with Gasteiger partial charge in [0.25, 0.3) is 5.56 Å². The zero-order valence-corrected chi connectivity index (χ0v) is 21.9. The van der Waals surface area contributed by atoms with Gasteiger partial charge in [0.1, 0.15) is 17.3 Å². The number of nitrogens with zero attached hydrogens (tertiary/aromatic N) is 4. The molecule has 1 aliphatic heterocycles. The van der Waals surface area contributed by atoms with Gasteiger partial charge in [-0.25, -0.2) is 12.9 Å². The Balaban J connectivity index is 1.52. The summed E-state index contributed by atoms with van der Waals surface area (Å²) >= 11 is -1.56. The quantitative estimate of drug-likeness (QED) is 0.387. The third-order valence-electron chi connectivity index (χ3n) is 6.39. The van der Waals surface area contributed by atoms with Crippen molar-refractivity contribution in [2.24, 2.45) is 0 Å². The molecule has 0 saturated carbocycles. The van der Waals surface area contributed by atoms with Crippen LogP contribution in [0.1, 0.15) is 16.8 Å². The summed E-state index contributed by atoms with van der Waals surface area (Å²) in [5, 5.41) is 7.70. The van der Waals surface area contributed by atoms with Gasteiger partial charge in [-0.15, -0.1) is 5.10 Å². The van der Waals surface area contributed by atoms with Gasteiger partial charge in [0.2, 0.25) is 0 Å². The van der Waals surface area contributed by atoms with E-state index in [9.17, 15) is 9.00 Å². The van der Waals surface area contributed by atoms with Crippen LogP contribution in [0.2, 0.25) is 0 Å². The molecule has 196 valence electrons. The summed E-state index contributed by atoms with van der Waals surface area (Å²) in [5.41, 5.74) is 3.35. The number of ether oxygens (including phenoxy) is 2. The number of benzene rings is 2. The van der Waals surface area contributed by atoms with Crippen molar-refractivity contribution in [3.8, 4) is 28.3 Å². The highest BCUT2D eigenvalue weighted by molar-refractivity contribution is 7.84. The van der Waals surface area contributed by atoms with E-state index in [1.165, 1.54) is 37.1 Å². The molecule has 0 fully saturated rings. The lowest BCUT2D eigenvalue weighted by molar-refractivity contribution is 0.403. The molecule has 0 saturated heterocycles. The maximum absolute atomic E-state index is 15.6. The van der Waals surface area contributed by atoms with Gasteiger partial charge in [-0.2, -0.15) is 5.10 Å². The minimum absolute atomic E-state index is 0.300. The first kappa shape index (κ1) is 25.6. The molecule has 9 nitrogen and oxygen atoms in total. The van der Waals surface area contributed by atoms with Gasteiger partial charge in [-0.1, -0.05) is 17.7 Å². The summed E-state index contributed by atoms with van der Waals surface area (Å²) < 4.78 is 45.7. The van der Waals surface area contributed by atoms with Gasteiger partial charge >= 0.3 is 0 Å². The van der Waals surface area contributed by atoms with Crippen molar-refractivity contribution >= 4 is 17.0 Å². The molecule has 1 unspecified atom stereocenters. The number of hydrogen-bond acceptors (Lipinski definition) is 6. The van der Waals surface area contributed by atoms with Crippen molar-refractivity contribution in [3.63, 3.8) is 0 Å². The Kier molecular flexibility index (Phi) is 7.21. The number of nitrogens with one attached hydrogen (secondary N) is 1. The molecule has 38 heavy (non-hydrogen) atoms. The predicted molar refractivity (Wildman–Crippen MR) is 143 cm³/mol. The Morgan fingerprint density at radius 3 is 2.58 bits per heavy atom. The first-order valence-electron chi connectivity index (χ1n) is 11.9. The van der Waals surface area contributed by atoms with Gasteiger partial charge in [-0.3, -0.25) is 14.1 Å². The maximum Gasteiger partial charge on any atom is 0.255 e. The number of anilines is 1. The van der Waals surface area contributed by atoms with Crippen LogP contribution in [0, 0.1) is 12.7 Å². The first-order chi connectivity index (χ1) is 18.4. The number of rotatable bonds is 7. The number of fused-ring (bicyclic) bond motifs is 1. The summed E-state index contributed by atoms with van der Waals surface area (Å²) in [6.07, 6.45) is 1.95. The van der Waals surface area contributed by atoms with E-state index in [2.05, 4.69) is 14.9 Å². The van der Waals surface area contributed by atoms with Crippen LogP contribution in [0.5, 0.6) is 11.5 Å². The van der Waals surface area contributed by atoms with Crippen molar-refractivity contribution in [1.82, 2.24) is 19.1 Å². The lowest BCUT2D eigenvalue weighted by Gasteiger charge is -2.29. The van der Waals surface area contributed by atoms with Gasteiger partial charge < -0.3 is 9.47 Å². The van der Waals surface area contributed by atoms with Crippen LogP contribution in [0.4, 0.5) is 10.2 Å². The maximum atomic E-state index is 15.6. The fraction of sp³-hybridized carbons (Fsp3) is 0.222. The third kappa shape index (κ3) is 4.90. The minimum Gasteiger partial charge on any atom is -0.496 e. The van der Waals surface area contributed by atoms with Crippen LogP contribution < -0.4 is 19.8 Å². The lowest BCUT2D eigenvalue weighted by atomic mass is 10.00. The lowest BCUT2D eigenvalue weighted by Crippen LogP contribution is -2.38. The topological polar surface area (TPSA) is 98.6 Å². The van der Waals surface area contributed by atoms with E-state index < -0.39 is 17.0 Å². The Hall–Kier alpha value is -4.09. The number of aromatic nitrogens is 3. The van der Waals surface area contributed by atoms with E-state index in [4.69, 9.17) is 9.47 Å². The molecular weight excluding hydrogens is 509 g/mol. The van der Waals surface area contributed by atoms with Crippen molar-refractivity contribution in [1.29, 1.82) is 0 Å². The Morgan fingerprint density at radius 2 is 1.84 bits per heavy atom. The number of aryl methyl sites for hydroxylation is 1. The summed E-state index contributed by atoms with van der Waals surface area (Å²) in [4.78, 5) is 13.1. The number of halogens is 1.